The molecule has 0 unspecified atom stereocenters. The van der Waals surface area contributed by atoms with Crippen molar-refractivity contribution in [3.63, 3.8) is 0 Å². The van der Waals surface area contributed by atoms with Crippen LogP contribution in [0.5, 0.6) is 0 Å². The van der Waals surface area contributed by atoms with Gasteiger partial charge in [-0.2, -0.15) is 11.3 Å². The number of carboxylic acids is 1. The van der Waals surface area contributed by atoms with E-state index in [-0.39, 0.29) is 17.2 Å². The summed E-state index contributed by atoms with van der Waals surface area (Å²) in [5.74, 6) is -0.787. The summed E-state index contributed by atoms with van der Waals surface area (Å²) in [6, 6.07) is 4.88. The van der Waals surface area contributed by atoms with Crippen molar-refractivity contribution in [1.29, 1.82) is 0 Å². The zero-order valence-electron chi connectivity index (χ0n) is 11.4. The molecule has 0 fully saturated rings. The number of hydrogen-bond donors (Lipinski definition) is 1. The molecule has 21 heavy (non-hydrogen) atoms. The monoisotopic (exact) mass is 322 g/mol. The van der Waals surface area contributed by atoms with Gasteiger partial charge >= 0.3 is 5.97 Å². The highest BCUT2D eigenvalue weighted by molar-refractivity contribution is 7.99. The third-order valence-corrected chi connectivity index (χ3v) is 4.39. The lowest BCUT2D eigenvalue weighted by atomic mass is 10.3. The van der Waals surface area contributed by atoms with Gasteiger partial charge in [-0.25, -0.2) is 9.78 Å². The molecule has 0 radical (unpaired) electrons. The van der Waals surface area contributed by atoms with E-state index >= 15 is 0 Å². The summed E-state index contributed by atoms with van der Waals surface area (Å²) < 4.78 is 0. The predicted octanol–water partition coefficient (Wildman–Crippen LogP) is 2.59. The number of carbonyl (C=O) groups excluding carboxylic acids is 1. The number of aromatic nitrogens is 1. The molecule has 2 heterocycles. The smallest absolute Gasteiger partial charge is 0.335 e. The van der Waals surface area contributed by atoms with Crippen LogP contribution in [0.2, 0.25) is 0 Å². The summed E-state index contributed by atoms with van der Waals surface area (Å²) >= 11 is 2.84. The molecule has 0 bridgehead atoms. The van der Waals surface area contributed by atoms with Crippen molar-refractivity contribution in [2.75, 3.05) is 12.8 Å². The Morgan fingerprint density at radius 2 is 2.24 bits per heavy atom. The molecule has 1 N–H and O–H groups in total. The van der Waals surface area contributed by atoms with E-state index in [2.05, 4.69) is 4.98 Å². The topological polar surface area (TPSA) is 70.5 Å². The van der Waals surface area contributed by atoms with Gasteiger partial charge in [-0.3, -0.25) is 4.79 Å². The van der Waals surface area contributed by atoms with E-state index < -0.39 is 5.97 Å². The molecule has 0 aliphatic carbocycles. The highest BCUT2D eigenvalue weighted by Gasteiger charge is 2.11. The molecule has 110 valence electrons. The fraction of sp³-hybridized carbons (Fsp3) is 0.214. The molecule has 0 atom stereocenters. The van der Waals surface area contributed by atoms with Gasteiger partial charge < -0.3 is 10.0 Å². The highest BCUT2D eigenvalue weighted by atomic mass is 32.2. The number of nitrogens with zero attached hydrogens (tertiary/aromatic N) is 2. The molecule has 7 heteroatoms. The van der Waals surface area contributed by atoms with Gasteiger partial charge in [-0.05, 0) is 34.5 Å². The van der Waals surface area contributed by atoms with Crippen LogP contribution in [0.1, 0.15) is 15.9 Å². The van der Waals surface area contributed by atoms with Gasteiger partial charge in [0.05, 0.1) is 16.3 Å². The number of carbonyl (C=O) groups is 2. The summed E-state index contributed by atoms with van der Waals surface area (Å²) in [5.41, 5.74) is 1.28. The number of pyridine rings is 1. The Hall–Kier alpha value is -1.86. The molecule has 0 spiro atoms. The number of thioether (sulfide) groups is 1. The number of carboxylic acid groups (broad SMARTS) is 1. The molecular weight excluding hydrogens is 308 g/mol. The minimum atomic E-state index is -1.000. The molecule has 1 amide bonds. The van der Waals surface area contributed by atoms with Crippen molar-refractivity contribution >= 4 is 35.0 Å². The van der Waals surface area contributed by atoms with Gasteiger partial charge in [0.25, 0.3) is 0 Å². The van der Waals surface area contributed by atoms with Crippen LogP contribution < -0.4 is 0 Å². The lowest BCUT2D eigenvalue weighted by Gasteiger charge is -2.16. The maximum absolute atomic E-state index is 12.0. The molecule has 2 aromatic heterocycles. The van der Waals surface area contributed by atoms with Gasteiger partial charge in [0.15, 0.2) is 0 Å². The standard InChI is InChI=1S/C14H14N2O3S2/c1-16(7-10-3-5-20-8-10)13(17)9-21-12-6-11(14(18)19)2-4-15-12/h2-6,8H,7,9H2,1H3,(H,18,19). The summed E-state index contributed by atoms with van der Waals surface area (Å²) in [6.07, 6.45) is 1.44. The number of thiophene rings is 1. The van der Waals surface area contributed by atoms with E-state index in [1.165, 1.54) is 30.1 Å². The molecule has 0 aliphatic heterocycles. The second-order valence-electron chi connectivity index (χ2n) is 4.36. The van der Waals surface area contributed by atoms with Crippen molar-refractivity contribution in [1.82, 2.24) is 9.88 Å². The minimum absolute atomic E-state index is 0.0197. The normalized spacial score (nSPS) is 10.3. The average molecular weight is 322 g/mol. The van der Waals surface area contributed by atoms with Crippen LogP contribution in [0.3, 0.4) is 0 Å². The molecule has 0 saturated carbocycles. The van der Waals surface area contributed by atoms with Gasteiger partial charge in [-0.1, -0.05) is 11.8 Å². The third-order valence-electron chi connectivity index (χ3n) is 2.75. The first-order valence-corrected chi connectivity index (χ1v) is 8.06. The molecule has 0 aromatic carbocycles. The number of aromatic carboxylic acids is 1. The van der Waals surface area contributed by atoms with Crippen LogP contribution >= 0.6 is 23.1 Å². The quantitative estimate of drug-likeness (QED) is 0.828. The van der Waals surface area contributed by atoms with Crippen LogP contribution in [0.25, 0.3) is 0 Å². The third kappa shape index (κ3) is 4.57. The summed E-state index contributed by atoms with van der Waals surface area (Å²) in [7, 11) is 1.75. The zero-order valence-corrected chi connectivity index (χ0v) is 13.0. The molecule has 5 nitrogen and oxygen atoms in total. The first-order chi connectivity index (χ1) is 10.1. The number of rotatable bonds is 6. The molecule has 0 saturated heterocycles. The van der Waals surface area contributed by atoms with E-state index in [0.717, 1.165) is 5.56 Å². The SMILES string of the molecule is CN(Cc1ccsc1)C(=O)CSc1cc(C(=O)O)ccn1. The first kappa shape index (κ1) is 15.5. The van der Waals surface area contributed by atoms with Crippen molar-refractivity contribution in [2.45, 2.75) is 11.6 Å². The average Bonchev–Trinajstić information content (AvgIpc) is 2.97. The molecule has 2 rings (SSSR count). The van der Waals surface area contributed by atoms with Gasteiger partial charge in [0, 0.05) is 19.8 Å². The predicted molar refractivity (Wildman–Crippen MR) is 82.7 cm³/mol. The summed E-state index contributed by atoms with van der Waals surface area (Å²) in [6.45, 7) is 0.575. The number of hydrogen-bond acceptors (Lipinski definition) is 5. The molecule has 0 aliphatic rings. The van der Waals surface area contributed by atoms with Crippen molar-refractivity contribution in [2.24, 2.45) is 0 Å². The van der Waals surface area contributed by atoms with Crippen LogP contribution in [0.15, 0.2) is 40.2 Å². The van der Waals surface area contributed by atoms with Gasteiger partial charge in [0.1, 0.15) is 0 Å². The largest absolute Gasteiger partial charge is 0.478 e. The summed E-state index contributed by atoms with van der Waals surface area (Å²) in [5, 5.41) is 13.4. The first-order valence-electron chi connectivity index (χ1n) is 6.13. The highest BCUT2D eigenvalue weighted by Crippen LogP contribution is 2.17. The van der Waals surface area contributed by atoms with Crippen molar-refractivity contribution in [3.05, 3.63) is 46.3 Å². The molecule has 2 aromatic rings. The Bertz CT molecular complexity index is 629. The molecular formula is C14H14N2O3S2. The maximum atomic E-state index is 12.0. The summed E-state index contributed by atoms with van der Waals surface area (Å²) in [4.78, 5) is 28.6. The Kier molecular flexibility index (Phi) is 5.35. The fourth-order valence-electron chi connectivity index (χ4n) is 1.61. The lowest BCUT2D eigenvalue weighted by molar-refractivity contribution is -0.127. The van der Waals surface area contributed by atoms with Crippen LogP contribution in [-0.4, -0.2) is 39.7 Å². The Morgan fingerprint density at radius 3 is 2.90 bits per heavy atom. The van der Waals surface area contributed by atoms with E-state index in [9.17, 15) is 9.59 Å². The van der Waals surface area contributed by atoms with E-state index in [1.54, 1.807) is 23.3 Å². The minimum Gasteiger partial charge on any atom is -0.478 e. The van der Waals surface area contributed by atoms with Gasteiger partial charge in [-0.15, -0.1) is 0 Å². The van der Waals surface area contributed by atoms with Gasteiger partial charge in [0.2, 0.25) is 5.91 Å². The van der Waals surface area contributed by atoms with Crippen molar-refractivity contribution < 1.29 is 14.7 Å². The van der Waals surface area contributed by atoms with E-state index in [4.69, 9.17) is 5.11 Å². The Labute approximate surface area is 130 Å². The lowest BCUT2D eigenvalue weighted by Crippen LogP contribution is -2.27. The van der Waals surface area contributed by atoms with Crippen LogP contribution in [0, 0.1) is 0 Å². The van der Waals surface area contributed by atoms with Crippen LogP contribution in [-0.2, 0) is 11.3 Å². The van der Waals surface area contributed by atoms with E-state index in [0.29, 0.717) is 11.6 Å². The second kappa shape index (κ2) is 7.24. The Morgan fingerprint density at radius 1 is 1.43 bits per heavy atom. The maximum Gasteiger partial charge on any atom is 0.335 e. The number of amides is 1. The fourth-order valence-corrected chi connectivity index (χ4v) is 3.11. The van der Waals surface area contributed by atoms with Crippen LogP contribution in [0.4, 0.5) is 0 Å². The Balaban J connectivity index is 1.88. The van der Waals surface area contributed by atoms with Crippen molar-refractivity contribution in [3.8, 4) is 0 Å². The van der Waals surface area contributed by atoms with E-state index in [1.807, 2.05) is 16.8 Å². The second-order valence-corrected chi connectivity index (χ2v) is 6.13. The zero-order chi connectivity index (χ0) is 15.2.